The maximum Gasteiger partial charge on any atom is 0.339 e. The highest BCUT2D eigenvalue weighted by Crippen LogP contribution is 2.17. The second kappa shape index (κ2) is 10.7. The first-order chi connectivity index (χ1) is 11.4. The van der Waals surface area contributed by atoms with Crippen LogP contribution in [0.4, 0.5) is 5.69 Å². The van der Waals surface area contributed by atoms with E-state index in [-0.39, 0.29) is 5.97 Å². The van der Waals surface area contributed by atoms with E-state index in [9.17, 15) is 4.79 Å². The normalized spacial score (nSPS) is 12.4. The van der Waals surface area contributed by atoms with Gasteiger partial charge in [0.15, 0.2) is 0 Å². The Kier molecular flexibility index (Phi) is 8.92. The Balaban J connectivity index is 2.50. The summed E-state index contributed by atoms with van der Waals surface area (Å²) in [6.45, 7) is 9.53. The van der Waals surface area contributed by atoms with Gasteiger partial charge in [-0.1, -0.05) is 49.3 Å². The molecule has 0 radical (unpaired) electrons. The van der Waals surface area contributed by atoms with E-state index in [0.717, 1.165) is 37.4 Å². The number of anilines is 1. The van der Waals surface area contributed by atoms with Gasteiger partial charge in [-0.15, -0.1) is 0 Å². The van der Waals surface area contributed by atoms with Crippen LogP contribution >= 0.6 is 0 Å². The smallest absolute Gasteiger partial charge is 0.339 e. The van der Waals surface area contributed by atoms with Gasteiger partial charge in [0.1, 0.15) is 0 Å². The van der Waals surface area contributed by atoms with Gasteiger partial charge in [0.25, 0.3) is 0 Å². The Morgan fingerprint density at radius 2 is 1.88 bits per heavy atom. The molecule has 0 heterocycles. The molecule has 0 saturated carbocycles. The number of carbonyl (C=O) groups excluding carboxylic acids is 1. The molecule has 1 aromatic rings. The molecule has 1 aromatic carbocycles. The summed E-state index contributed by atoms with van der Waals surface area (Å²) in [4.78, 5) is 11.8. The van der Waals surface area contributed by atoms with E-state index in [4.69, 9.17) is 4.74 Å². The first-order valence-electron chi connectivity index (χ1n) is 8.66. The molecule has 0 aliphatic heterocycles. The monoisotopic (exact) mass is 329 g/mol. The molecule has 3 nitrogen and oxygen atoms in total. The van der Waals surface area contributed by atoms with E-state index in [1.165, 1.54) is 18.3 Å². The summed E-state index contributed by atoms with van der Waals surface area (Å²) >= 11 is 0. The standard InChI is InChI=1S/C21H31NO2/c1-16(2)13-14-17(3)9-8-10-18(4)15-22-20-12-7-6-11-19(20)21(23)24-5/h6-7,10-12,14,16,22H,8-9,13,15H2,1-5H3/b17-14+,18-10+. The van der Waals surface area contributed by atoms with Crippen molar-refractivity contribution >= 4 is 11.7 Å². The molecule has 0 aliphatic carbocycles. The molecule has 0 aliphatic rings. The Labute approximate surface area is 146 Å². The van der Waals surface area contributed by atoms with Crippen molar-refractivity contribution in [3.8, 4) is 0 Å². The first kappa shape index (κ1) is 20.0. The third-order valence-corrected chi connectivity index (χ3v) is 3.86. The predicted molar refractivity (Wildman–Crippen MR) is 102 cm³/mol. The van der Waals surface area contributed by atoms with Gasteiger partial charge in [-0.05, 0) is 51.2 Å². The van der Waals surface area contributed by atoms with Crippen molar-refractivity contribution in [3.63, 3.8) is 0 Å². The van der Waals surface area contributed by atoms with Crippen LogP contribution in [-0.2, 0) is 4.74 Å². The van der Waals surface area contributed by atoms with Crippen LogP contribution in [-0.4, -0.2) is 19.6 Å². The quantitative estimate of drug-likeness (QED) is 0.473. The van der Waals surface area contributed by atoms with Crippen LogP contribution < -0.4 is 5.32 Å². The highest BCUT2D eigenvalue weighted by molar-refractivity contribution is 5.95. The first-order valence-corrected chi connectivity index (χ1v) is 8.66. The number of allylic oxidation sites excluding steroid dienone is 3. The van der Waals surface area contributed by atoms with Crippen molar-refractivity contribution in [2.24, 2.45) is 5.92 Å². The van der Waals surface area contributed by atoms with E-state index in [1.54, 1.807) is 6.07 Å². The van der Waals surface area contributed by atoms with Gasteiger partial charge >= 0.3 is 5.97 Å². The summed E-state index contributed by atoms with van der Waals surface area (Å²) in [6.07, 6.45) is 7.91. The largest absolute Gasteiger partial charge is 0.465 e. The maximum absolute atomic E-state index is 11.8. The van der Waals surface area contributed by atoms with Gasteiger partial charge < -0.3 is 10.1 Å². The molecule has 24 heavy (non-hydrogen) atoms. The average Bonchev–Trinajstić information content (AvgIpc) is 2.57. The van der Waals surface area contributed by atoms with Gasteiger partial charge in [0.2, 0.25) is 0 Å². The minimum Gasteiger partial charge on any atom is -0.465 e. The van der Waals surface area contributed by atoms with Crippen LogP contribution in [0.3, 0.4) is 0 Å². The molecule has 0 unspecified atom stereocenters. The van der Waals surface area contributed by atoms with Crippen LogP contribution in [0.5, 0.6) is 0 Å². The minimum atomic E-state index is -0.314. The fourth-order valence-electron chi connectivity index (χ4n) is 2.32. The molecular formula is C21H31NO2. The number of nitrogens with one attached hydrogen (secondary N) is 1. The van der Waals surface area contributed by atoms with Crippen molar-refractivity contribution in [3.05, 3.63) is 53.1 Å². The van der Waals surface area contributed by atoms with Gasteiger partial charge in [0.05, 0.1) is 12.7 Å². The molecule has 0 aromatic heterocycles. The number of rotatable bonds is 9. The van der Waals surface area contributed by atoms with Crippen LogP contribution in [0.1, 0.15) is 57.3 Å². The van der Waals surface area contributed by atoms with Crippen LogP contribution in [0, 0.1) is 5.92 Å². The van der Waals surface area contributed by atoms with Gasteiger partial charge in [-0.25, -0.2) is 4.79 Å². The average molecular weight is 329 g/mol. The lowest BCUT2D eigenvalue weighted by molar-refractivity contribution is 0.0602. The molecule has 0 atom stereocenters. The number of benzene rings is 1. The second-order valence-electron chi connectivity index (χ2n) is 6.66. The maximum atomic E-state index is 11.8. The van der Waals surface area contributed by atoms with Crippen molar-refractivity contribution in [1.29, 1.82) is 0 Å². The van der Waals surface area contributed by atoms with Gasteiger partial charge in [-0.3, -0.25) is 0 Å². The molecular weight excluding hydrogens is 298 g/mol. The van der Waals surface area contributed by atoms with E-state index in [0.29, 0.717) is 5.56 Å². The molecule has 0 spiro atoms. The zero-order valence-corrected chi connectivity index (χ0v) is 15.7. The molecule has 0 amide bonds. The third-order valence-electron chi connectivity index (χ3n) is 3.86. The molecule has 0 saturated heterocycles. The minimum absolute atomic E-state index is 0.314. The Hall–Kier alpha value is -2.03. The number of hydrogen-bond donors (Lipinski definition) is 1. The zero-order valence-electron chi connectivity index (χ0n) is 15.7. The van der Waals surface area contributed by atoms with Crippen molar-refractivity contribution in [2.75, 3.05) is 19.0 Å². The Morgan fingerprint density at radius 3 is 2.54 bits per heavy atom. The number of ether oxygens (including phenoxy) is 1. The number of esters is 1. The van der Waals surface area contributed by atoms with E-state index >= 15 is 0 Å². The van der Waals surface area contributed by atoms with E-state index in [2.05, 4.69) is 45.2 Å². The fraction of sp³-hybridized carbons (Fsp3) is 0.476. The fourth-order valence-corrected chi connectivity index (χ4v) is 2.32. The van der Waals surface area contributed by atoms with Crippen molar-refractivity contribution < 1.29 is 9.53 Å². The summed E-state index contributed by atoms with van der Waals surface area (Å²) in [7, 11) is 1.40. The summed E-state index contributed by atoms with van der Waals surface area (Å²) in [6, 6.07) is 7.43. The Bertz CT molecular complexity index is 585. The number of carbonyl (C=O) groups is 1. The molecule has 0 fully saturated rings. The summed E-state index contributed by atoms with van der Waals surface area (Å²) in [5.41, 5.74) is 4.11. The molecule has 3 heteroatoms. The highest BCUT2D eigenvalue weighted by atomic mass is 16.5. The summed E-state index contributed by atoms with van der Waals surface area (Å²) in [5, 5.41) is 3.32. The van der Waals surface area contributed by atoms with E-state index in [1.807, 2.05) is 18.2 Å². The van der Waals surface area contributed by atoms with Gasteiger partial charge in [0, 0.05) is 12.2 Å². The van der Waals surface area contributed by atoms with E-state index < -0.39 is 0 Å². The van der Waals surface area contributed by atoms with Crippen molar-refractivity contribution in [2.45, 2.75) is 47.0 Å². The lowest BCUT2D eigenvalue weighted by Gasteiger charge is -2.11. The summed E-state index contributed by atoms with van der Waals surface area (Å²) in [5.74, 6) is 0.405. The van der Waals surface area contributed by atoms with Gasteiger partial charge in [-0.2, -0.15) is 0 Å². The zero-order chi connectivity index (χ0) is 17.9. The Morgan fingerprint density at radius 1 is 1.17 bits per heavy atom. The van der Waals surface area contributed by atoms with Crippen LogP contribution in [0.2, 0.25) is 0 Å². The van der Waals surface area contributed by atoms with Crippen LogP contribution in [0.15, 0.2) is 47.6 Å². The second-order valence-corrected chi connectivity index (χ2v) is 6.66. The molecule has 1 rings (SSSR count). The predicted octanol–water partition coefficient (Wildman–Crippen LogP) is 5.60. The lowest BCUT2D eigenvalue weighted by Crippen LogP contribution is -2.09. The third kappa shape index (κ3) is 7.49. The topological polar surface area (TPSA) is 38.3 Å². The number of hydrogen-bond acceptors (Lipinski definition) is 3. The molecule has 1 N–H and O–H groups in total. The number of para-hydroxylation sites is 1. The highest BCUT2D eigenvalue weighted by Gasteiger charge is 2.10. The SMILES string of the molecule is COC(=O)c1ccccc1NC/C(C)=C/CC/C(C)=C/CC(C)C. The van der Waals surface area contributed by atoms with Crippen LogP contribution in [0.25, 0.3) is 0 Å². The van der Waals surface area contributed by atoms with Crippen molar-refractivity contribution in [1.82, 2.24) is 0 Å². The summed E-state index contributed by atoms with van der Waals surface area (Å²) < 4.78 is 4.81. The molecule has 132 valence electrons. The number of methoxy groups -OCH3 is 1. The molecule has 0 bridgehead atoms. The lowest BCUT2D eigenvalue weighted by atomic mass is 10.0.